The molecule has 1 aliphatic rings. The van der Waals surface area contributed by atoms with E-state index in [4.69, 9.17) is 16.3 Å². The molecule has 0 amide bonds. The van der Waals surface area contributed by atoms with E-state index in [1.54, 1.807) is 0 Å². The summed E-state index contributed by atoms with van der Waals surface area (Å²) in [5, 5.41) is 0.102. The standard InChI is InChI=1S/C19H21ClO/c20-18(16-8-2-1-3-9-16)11-6-12-19-17-10-5-4-7-15(17)13-14-21-19/h1-5,7-10,18-19H,6,11-14H2. The van der Waals surface area contributed by atoms with Gasteiger partial charge in [0.25, 0.3) is 0 Å². The van der Waals surface area contributed by atoms with Crippen molar-refractivity contribution in [1.82, 2.24) is 0 Å². The second-order valence-corrected chi connectivity index (χ2v) is 6.14. The lowest BCUT2D eigenvalue weighted by Crippen LogP contribution is -2.16. The molecule has 1 nitrogen and oxygen atoms in total. The number of hydrogen-bond donors (Lipinski definition) is 0. The maximum Gasteiger partial charge on any atom is 0.0827 e. The van der Waals surface area contributed by atoms with Crippen molar-refractivity contribution in [3.63, 3.8) is 0 Å². The van der Waals surface area contributed by atoms with Crippen LogP contribution in [-0.4, -0.2) is 6.61 Å². The molecule has 0 aliphatic carbocycles. The monoisotopic (exact) mass is 300 g/mol. The van der Waals surface area contributed by atoms with Crippen LogP contribution >= 0.6 is 11.6 Å². The summed E-state index contributed by atoms with van der Waals surface area (Å²) < 4.78 is 5.95. The summed E-state index contributed by atoms with van der Waals surface area (Å²) in [4.78, 5) is 0. The minimum atomic E-state index is 0.102. The van der Waals surface area contributed by atoms with E-state index in [1.165, 1.54) is 16.7 Å². The van der Waals surface area contributed by atoms with Crippen LogP contribution < -0.4 is 0 Å². The molecular weight excluding hydrogens is 280 g/mol. The Morgan fingerprint density at radius 2 is 1.81 bits per heavy atom. The number of rotatable bonds is 5. The van der Waals surface area contributed by atoms with E-state index in [9.17, 15) is 0 Å². The third kappa shape index (κ3) is 3.66. The number of benzene rings is 2. The Bertz CT molecular complexity index is 567. The normalized spacial score (nSPS) is 19.0. The number of alkyl halides is 1. The van der Waals surface area contributed by atoms with E-state index in [0.717, 1.165) is 32.3 Å². The molecule has 1 heterocycles. The lowest BCUT2D eigenvalue weighted by molar-refractivity contribution is 0.0348. The molecule has 2 aromatic rings. The highest BCUT2D eigenvalue weighted by atomic mass is 35.5. The van der Waals surface area contributed by atoms with Gasteiger partial charge in [0.15, 0.2) is 0 Å². The molecule has 0 bridgehead atoms. The van der Waals surface area contributed by atoms with Gasteiger partial charge in [-0.1, -0.05) is 54.6 Å². The molecule has 110 valence electrons. The first-order valence-corrected chi connectivity index (χ1v) is 8.16. The topological polar surface area (TPSA) is 9.23 Å². The minimum Gasteiger partial charge on any atom is -0.373 e. The van der Waals surface area contributed by atoms with Crippen LogP contribution in [-0.2, 0) is 11.2 Å². The summed E-state index contributed by atoms with van der Waals surface area (Å²) in [7, 11) is 0. The second-order valence-electron chi connectivity index (χ2n) is 5.62. The molecule has 3 rings (SSSR count). The Hall–Kier alpha value is -1.31. The molecule has 0 spiro atoms. The first-order valence-electron chi connectivity index (χ1n) is 7.73. The van der Waals surface area contributed by atoms with E-state index in [1.807, 2.05) is 18.2 Å². The summed E-state index contributed by atoms with van der Waals surface area (Å²) in [5.41, 5.74) is 4.03. The third-order valence-corrected chi connectivity index (χ3v) is 4.65. The lowest BCUT2D eigenvalue weighted by Gasteiger charge is -2.26. The maximum atomic E-state index is 6.48. The summed E-state index contributed by atoms with van der Waals surface area (Å²) >= 11 is 6.48. The van der Waals surface area contributed by atoms with Crippen LogP contribution in [0, 0.1) is 0 Å². The van der Waals surface area contributed by atoms with Crippen molar-refractivity contribution in [3.05, 3.63) is 71.3 Å². The summed E-state index contributed by atoms with van der Waals surface area (Å²) in [5.74, 6) is 0. The van der Waals surface area contributed by atoms with E-state index >= 15 is 0 Å². The molecule has 2 unspecified atom stereocenters. The number of halogens is 1. The second kappa shape index (κ2) is 7.11. The summed E-state index contributed by atoms with van der Waals surface area (Å²) in [6.07, 6.45) is 4.41. The average molecular weight is 301 g/mol. The number of hydrogen-bond acceptors (Lipinski definition) is 1. The molecule has 21 heavy (non-hydrogen) atoms. The predicted molar refractivity (Wildman–Crippen MR) is 87.7 cm³/mol. The van der Waals surface area contributed by atoms with Gasteiger partial charge in [-0.25, -0.2) is 0 Å². The van der Waals surface area contributed by atoms with Gasteiger partial charge in [-0.05, 0) is 42.4 Å². The molecule has 2 aromatic carbocycles. The van der Waals surface area contributed by atoms with Crippen molar-refractivity contribution in [1.29, 1.82) is 0 Å². The minimum absolute atomic E-state index is 0.102. The highest BCUT2D eigenvalue weighted by molar-refractivity contribution is 6.20. The van der Waals surface area contributed by atoms with Gasteiger partial charge in [-0.15, -0.1) is 11.6 Å². The Labute approximate surface area is 131 Å². The molecule has 0 N–H and O–H groups in total. The highest BCUT2D eigenvalue weighted by Crippen LogP contribution is 2.33. The van der Waals surface area contributed by atoms with Gasteiger partial charge < -0.3 is 4.74 Å². The summed E-state index contributed by atoms with van der Waals surface area (Å²) in [6.45, 7) is 0.838. The number of fused-ring (bicyclic) bond motifs is 1. The third-order valence-electron chi connectivity index (χ3n) is 4.18. The van der Waals surface area contributed by atoms with E-state index in [-0.39, 0.29) is 11.5 Å². The van der Waals surface area contributed by atoms with Crippen molar-refractivity contribution >= 4 is 11.6 Å². The molecule has 0 saturated carbocycles. The first-order chi connectivity index (χ1) is 10.3. The first kappa shape index (κ1) is 14.6. The fourth-order valence-corrected chi connectivity index (χ4v) is 3.33. The van der Waals surface area contributed by atoms with Crippen LogP contribution in [0.4, 0.5) is 0 Å². The van der Waals surface area contributed by atoms with Crippen molar-refractivity contribution < 1.29 is 4.74 Å². The van der Waals surface area contributed by atoms with Crippen LogP contribution in [0.15, 0.2) is 54.6 Å². The van der Waals surface area contributed by atoms with Crippen LogP contribution in [0.1, 0.15) is 47.4 Å². The molecule has 2 heteroatoms. The Morgan fingerprint density at radius 1 is 1.05 bits per heavy atom. The zero-order valence-electron chi connectivity index (χ0n) is 12.2. The summed E-state index contributed by atoms with van der Waals surface area (Å²) in [6, 6.07) is 19.0. The molecular formula is C19H21ClO. The van der Waals surface area contributed by atoms with Crippen LogP contribution in [0.2, 0.25) is 0 Å². The van der Waals surface area contributed by atoms with Crippen molar-refractivity contribution in [3.8, 4) is 0 Å². The van der Waals surface area contributed by atoms with Gasteiger partial charge in [0.1, 0.15) is 0 Å². The SMILES string of the molecule is ClC(CCCC1OCCc2ccccc21)c1ccccc1. The van der Waals surface area contributed by atoms with E-state index in [0.29, 0.717) is 0 Å². The van der Waals surface area contributed by atoms with Gasteiger partial charge in [-0.3, -0.25) is 0 Å². The van der Waals surface area contributed by atoms with Crippen LogP contribution in [0.25, 0.3) is 0 Å². The zero-order chi connectivity index (χ0) is 14.5. The molecule has 0 aromatic heterocycles. The van der Waals surface area contributed by atoms with Gasteiger partial charge >= 0.3 is 0 Å². The lowest BCUT2D eigenvalue weighted by atomic mass is 9.94. The fraction of sp³-hybridized carbons (Fsp3) is 0.368. The Kier molecular flexibility index (Phi) is 4.95. The van der Waals surface area contributed by atoms with Gasteiger partial charge in [0, 0.05) is 0 Å². The zero-order valence-corrected chi connectivity index (χ0v) is 12.9. The van der Waals surface area contributed by atoms with Crippen LogP contribution in [0.5, 0.6) is 0 Å². The molecule has 0 radical (unpaired) electrons. The molecule has 0 saturated heterocycles. The smallest absolute Gasteiger partial charge is 0.0827 e. The largest absolute Gasteiger partial charge is 0.373 e. The van der Waals surface area contributed by atoms with Crippen molar-refractivity contribution in [2.45, 2.75) is 37.2 Å². The predicted octanol–water partition coefficient (Wildman–Crippen LogP) is 5.45. The van der Waals surface area contributed by atoms with Gasteiger partial charge in [-0.2, -0.15) is 0 Å². The van der Waals surface area contributed by atoms with Crippen molar-refractivity contribution in [2.75, 3.05) is 6.61 Å². The quantitative estimate of drug-likeness (QED) is 0.667. The van der Waals surface area contributed by atoms with E-state index in [2.05, 4.69) is 36.4 Å². The average Bonchev–Trinajstić information content (AvgIpc) is 2.56. The maximum absolute atomic E-state index is 6.48. The number of ether oxygens (including phenoxy) is 1. The molecule has 1 aliphatic heterocycles. The Balaban J connectivity index is 1.55. The Morgan fingerprint density at radius 3 is 2.67 bits per heavy atom. The molecule has 0 fully saturated rings. The van der Waals surface area contributed by atoms with E-state index < -0.39 is 0 Å². The van der Waals surface area contributed by atoms with Gasteiger partial charge in [0.05, 0.1) is 18.1 Å². The fourth-order valence-electron chi connectivity index (χ4n) is 3.03. The van der Waals surface area contributed by atoms with Crippen molar-refractivity contribution in [2.24, 2.45) is 0 Å². The van der Waals surface area contributed by atoms with Crippen LogP contribution in [0.3, 0.4) is 0 Å². The molecule has 2 atom stereocenters. The highest BCUT2D eigenvalue weighted by Gasteiger charge is 2.20. The van der Waals surface area contributed by atoms with Gasteiger partial charge in [0.2, 0.25) is 0 Å².